The van der Waals surface area contributed by atoms with E-state index in [9.17, 15) is 10.1 Å². The first-order valence-corrected chi connectivity index (χ1v) is 11.0. The second-order valence-electron chi connectivity index (χ2n) is 8.00. The minimum Gasteiger partial charge on any atom is -0.489 e. The van der Waals surface area contributed by atoms with Crippen molar-refractivity contribution in [1.82, 2.24) is 4.57 Å². The largest absolute Gasteiger partial charge is 0.489 e. The van der Waals surface area contributed by atoms with Crippen LogP contribution in [-0.4, -0.2) is 4.57 Å². The predicted octanol–water partition coefficient (Wildman–Crippen LogP) is 4.99. The summed E-state index contributed by atoms with van der Waals surface area (Å²) in [6.45, 7) is 0.321. The molecule has 1 atom stereocenters. The average Bonchev–Trinajstić information content (AvgIpc) is 2.86. The highest BCUT2D eigenvalue weighted by Gasteiger charge is 2.35. The van der Waals surface area contributed by atoms with E-state index in [1.54, 1.807) is 23.7 Å². The van der Waals surface area contributed by atoms with Crippen molar-refractivity contribution < 1.29 is 9.47 Å². The fourth-order valence-electron chi connectivity index (χ4n) is 4.29. The standard InChI is InChI=1S/C27H20ClN3O3/c1-31-22-9-5-3-7-19(22)25-24(27(31)32)23(20(14-29)26(30)34-25)16-10-12-18(13-11-16)33-15-17-6-2-4-8-21(17)28/h2-13,23H,15,30H2,1H3. The molecule has 2 N–H and O–H groups in total. The third-order valence-corrected chi connectivity index (χ3v) is 6.40. The first-order valence-electron chi connectivity index (χ1n) is 10.6. The van der Waals surface area contributed by atoms with E-state index < -0.39 is 5.92 Å². The minimum absolute atomic E-state index is 0.00236. The van der Waals surface area contributed by atoms with Gasteiger partial charge in [0, 0.05) is 23.0 Å². The van der Waals surface area contributed by atoms with E-state index in [-0.39, 0.29) is 17.0 Å². The number of hydrogen-bond acceptors (Lipinski definition) is 5. The molecule has 0 aliphatic carbocycles. The lowest BCUT2D eigenvalue weighted by atomic mass is 9.83. The van der Waals surface area contributed by atoms with Gasteiger partial charge in [-0.3, -0.25) is 4.79 Å². The van der Waals surface area contributed by atoms with Crippen molar-refractivity contribution in [2.45, 2.75) is 12.5 Å². The number of nitrogens with zero attached hydrogens (tertiary/aromatic N) is 2. The van der Waals surface area contributed by atoms with Crippen LogP contribution in [0.15, 0.2) is 89.0 Å². The fraction of sp³-hybridized carbons (Fsp3) is 0.111. The molecule has 1 aliphatic rings. The molecule has 1 unspecified atom stereocenters. The number of fused-ring (bicyclic) bond motifs is 3. The second-order valence-corrected chi connectivity index (χ2v) is 8.41. The van der Waals surface area contributed by atoms with Crippen molar-refractivity contribution in [1.29, 1.82) is 5.26 Å². The molecule has 34 heavy (non-hydrogen) atoms. The smallest absolute Gasteiger partial charge is 0.258 e. The van der Waals surface area contributed by atoms with Crippen molar-refractivity contribution in [2.75, 3.05) is 0 Å². The average molecular weight is 470 g/mol. The number of nitrogens with two attached hydrogens (primary N) is 1. The summed E-state index contributed by atoms with van der Waals surface area (Å²) in [7, 11) is 1.71. The molecule has 168 valence electrons. The van der Waals surface area contributed by atoms with E-state index in [1.165, 1.54) is 0 Å². The Morgan fingerprint density at radius 3 is 2.53 bits per heavy atom. The number of pyridine rings is 1. The molecule has 2 heterocycles. The van der Waals surface area contributed by atoms with Gasteiger partial charge in [0.15, 0.2) is 0 Å². The van der Waals surface area contributed by atoms with Crippen LogP contribution in [0.25, 0.3) is 10.9 Å². The normalized spacial score (nSPS) is 14.9. The Bertz CT molecular complexity index is 1550. The monoisotopic (exact) mass is 469 g/mol. The number of benzene rings is 3. The van der Waals surface area contributed by atoms with Gasteiger partial charge in [0.2, 0.25) is 5.88 Å². The van der Waals surface area contributed by atoms with Gasteiger partial charge in [0.1, 0.15) is 29.7 Å². The van der Waals surface area contributed by atoms with Crippen molar-refractivity contribution >= 4 is 22.5 Å². The van der Waals surface area contributed by atoms with Crippen LogP contribution in [0.4, 0.5) is 0 Å². The molecular weight excluding hydrogens is 450 g/mol. The van der Waals surface area contributed by atoms with Gasteiger partial charge in [-0.25, -0.2) is 0 Å². The SMILES string of the molecule is Cn1c(=O)c2c(c3ccccc31)OC(N)=C(C#N)C2c1ccc(OCc2ccccc2Cl)cc1. The number of aryl methyl sites for hydroxylation is 1. The Morgan fingerprint density at radius 2 is 1.79 bits per heavy atom. The molecule has 5 rings (SSSR count). The maximum absolute atomic E-state index is 13.4. The lowest BCUT2D eigenvalue weighted by Gasteiger charge is -2.27. The van der Waals surface area contributed by atoms with E-state index in [2.05, 4.69) is 6.07 Å². The summed E-state index contributed by atoms with van der Waals surface area (Å²) in [6, 6.07) is 24.4. The van der Waals surface area contributed by atoms with E-state index in [0.29, 0.717) is 28.7 Å². The van der Waals surface area contributed by atoms with Crippen LogP contribution >= 0.6 is 11.6 Å². The molecule has 3 aromatic carbocycles. The zero-order valence-corrected chi connectivity index (χ0v) is 19.0. The van der Waals surface area contributed by atoms with Crippen LogP contribution in [-0.2, 0) is 13.7 Å². The number of para-hydroxylation sites is 1. The molecule has 7 heteroatoms. The van der Waals surface area contributed by atoms with E-state index in [1.807, 2.05) is 60.7 Å². The molecular formula is C27H20ClN3O3. The van der Waals surface area contributed by atoms with Gasteiger partial charge in [0.05, 0.1) is 17.0 Å². The zero-order chi connectivity index (χ0) is 23.8. The lowest BCUT2D eigenvalue weighted by Crippen LogP contribution is -2.31. The number of ether oxygens (including phenoxy) is 2. The van der Waals surface area contributed by atoms with E-state index in [0.717, 1.165) is 22.0 Å². The van der Waals surface area contributed by atoms with Crippen LogP contribution in [0.1, 0.15) is 22.6 Å². The lowest BCUT2D eigenvalue weighted by molar-refractivity contribution is 0.306. The Kier molecular flexibility index (Phi) is 5.48. The zero-order valence-electron chi connectivity index (χ0n) is 18.3. The molecule has 1 aliphatic heterocycles. The van der Waals surface area contributed by atoms with Crippen molar-refractivity contribution in [3.8, 4) is 17.6 Å². The Hall–Kier alpha value is -4.21. The summed E-state index contributed by atoms with van der Waals surface area (Å²) < 4.78 is 13.3. The molecule has 0 saturated carbocycles. The molecule has 6 nitrogen and oxygen atoms in total. The summed E-state index contributed by atoms with van der Waals surface area (Å²) >= 11 is 6.21. The number of aromatic nitrogens is 1. The molecule has 0 radical (unpaired) electrons. The maximum Gasteiger partial charge on any atom is 0.258 e. The van der Waals surface area contributed by atoms with Gasteiger partial charge in [-0.2, -0.15) is 5.26 Å². The molecule has 4 aromatic rings. The Morgan fingerprint density at radius 1 is 1.09 bits per heavy atom. The number of hydrogen-bond donors (Lipinski definition) is 1. The van der Waals surface area contributed by atoms with Crippen LogP contribution < -0.4 is 20.8 Å². The van der Waals surface area contributed by atoms with Crippen LogP contribution in [0.3, 0.4) is 0 Å². The summed E-state index contributed by atoms with van der Waals surface area (Å²) in [4.78, 5) is 13.4. The predicted molar refractivity (Wildman–Crippen MR) is 131 cm³/mol. The highest BCUT2D eigenvalue weighted by Crippen LogP contribution is 2.43. The Balaban J connectivity index is 1.57. The maximum atomic E-state index is 13.4. The third-order valence-electron chi connectivity index (χ3n) is 6.03. The summed E-state index contributed by atoms with van der Waals surface area (Å²) in [5, 5.41) is 11.3. The summed E-state index contributed by atoms with van der Waals surface area (Å²) in [5.74, 6) is 0.365. The molecule has 0 bridgehead atoms. The third kappa shape index (κ3) is 3.57. The van der Waals surface area contributed by atoms with E-state index >= 15 is 0 Å². The van der Waals surface area contributed by atoms with Gasteiger partial charge < -0.3 is 19.8 Å². The van der Waals surface area contributed by atoms with Crippen LogP contribution in [0.5, 0.6) is 11.5 Å². The van der Waals surface area contributed by atoms with Gasteiger partial charge in [-0.05, 0) is 35.9 Å². The van der Waals surface area contributed by atoms with Crippen molar-refractivity contribution in [3.05, 3.63) is 116 Å². The first kappa shape index (κ1) is 21.6. The molecule has 0 spiro atoms. The second kappa shape index (κ2) is 8.62. The molecule has 0 saturated heterocycles. The minimum atomic E-state index is -0.658. The highest BCUT2D eigenvalue weighted by atomic mass is 35.5. The number of halogens is 1. The van der Waals surface area contributed by atoms with Gasteiger partial charge in [-0.15, -0.1) is 0 Å². The van der Waals surface area contributed by atoms with Crippen molar-refractivity contribution in [3.63, 3.8) is 0 Å². The van der Waals surface area contributed by atoms with Gasteiger partial charge >= 0.3 is 0 Å². The topological polar surface area (TPSA) is 90.3 Å². The number of rotatable bonds is 4. The van der Waals surface area contributed by atoms with Crippen LogP contribution in [0, 0.1) is 11.3 Å². The summed E-state index contributed by atoms with van der Waals surface area (Å²) in [6.07, 6.45) is 0. The van der Waals surface area contributed by atoms with Crippen LogP contribution in [0.2, 0.25) is 5.02 Å². The molecule has 0 amide bonds. The first-order chi connectivity index (χ1) is 16.5. The number of allylic oxidation sites excluding steroid dienone is 1. The summed E-state index contributed by atoms with van der Waals surface area (Å²) in [5.41, 5.74) is 8.84. The van der Waals surface area contributed by atoms with Gasteiger partial charge in [0.25, 0.3) is 5.56 Å². The highest BCUT2D eigenvalue weighted by molar-refractivity contribution is 6.31. The van der Waals surface area contributed by atoms with Crippen molar-refractivity contribution in [2.24, 2.45) is 12.8 Å². The number of nitriles is 1. The molecule has 1 aromatic heterocycles. The molecule has 0 fully saturated rings. The van der Waals surface area contributed by atoms with E-state index in [4.69, 9.17) is 26.8 Å². The quantitative estimate of drug-likeness (QED) is 0.454. The Labute approximate surface area is 201 Å². The fourth-order valence-corrected chi connectivity index (χ4v) is 4.48. The van der Waals surface area contributed by atoms with Gasteiger partial charge in [-0.1, -0.05) is 54.1 Å².